The van der Waals surface area contributed by atoms with Gasteiger partial charge in [0.25, 0.3) is 5.91 Å². The van der Waals surface area contributed by atoms with Gasteiger partial charge in [-0.1, -0.05) is 6.07 Å². The average Bonchev–Trinajstić information content (AvgIpc) is 3.77. The predicted molar refractivity (Wildman–Crippen MR) is 155 cm³/mol. The van der Waals surface area contributed by atoms with Crippen molar-refractivity contribution in [3.05, 3.63) is 97.3 Å². The van der Waals surface area contributed by atoms with Crippen molar-refractivity contribution in [1.29, 1.82) is 0 Å². The van der Waals surface area contributed by atoms with E-state index in [0.717, 1.165) is 59.4 Å². The number of carbonyl (C=O) groups excluding carboxylic acids is 1. The van der Waals surface area contributed by atoms with Crippen LogP contribution in [0.5, 0.6) is 0 Å². The van der Waals surface area contributed by atoms with E-state index in [-0.39, 0.29) is 5.91 Å². The van der Waals surface area contributed by atoms with Crippen molar-refractivity contribution < 1.29 is 9.18 Å². The Balaban J connectivity index is 0.874. The van der Waals surface area contributed by atoms with Gasteiger partial charge >= 0.3 is 0 Å². The second-order valence-corrected chi connectivity index (χ2v) is 10.9. The molecule has 0 bridgehead atoms. The van der Waals surface area contributed by atoms with E-state index < -0.39 is 5.82 Å². The third-order valence-electron chi connectivity index (χ3n) is 8.49. The minimum atomic E-state index is -0.405. The molecule has 209 valence electrons. The summed E-state index contributed by atoms with van der Waals surface area (Å²) in [6, 6.07) is 12.1. The van der Waals surface area contributed by atoms with E-state index in [2.05, 4.69) is 29.9 Å². The first-order valence-electron chi connectivity index (χ1n) is 14.0. The molecule has 1 amide bonds. The number of benzene rings is 1. The Labute approximate surface area is 240 Å². The molecule has 8 rings (SSSR count). The summed E-state index contributed by atoms with van der Waals surface area (Å²) < 4.78 is 18.9. The van der Waals surface area contributed by atoms with Crippen molar-refractivity contribution in [1.82, 2.24) is 43.9 Å². The lowest BCUT2D eigenvalue weighted by Gasteiger charge is -2.46. The number of piperidine rings is 1. The van der Waals surface area contributed by atoms with Crippen molar-refractivity contribution in [3.8, 4) is 22.4 Å². The molecule has 2 fully saturated rings. The Morgan fingerprint density at radius 3 is 2.71 bits per heavy atom. The zero-order valence-corrected chi connectivity index (χ0v) is 22.7. The van der Waals surface area contributed by atoms with Crippen LogP contribution in [0.4, 0.5) is 4.39 Å². The van der Waals surface area contributed by atoms with E-state index in [1.54, 1.807) is 24.7 Å². The second kappa shape index (κ2) is 9.88. The van der Waals surface area contributed by atoms with Gasteiger partial charge in [0.1, 0.15) is 29.5 Å². The lowest BCUT2D eigenvalue weighted by Crippen LogP contribution is -2.56. The van der Waals surface area contributed by atoms with Gasteiger partial charge < -0.3 is 14.3 Å². The van der Waals surface area contributed by atoms with Gasteiger partial charge in [0.05, 0.1) is 11.9 Å². The molecule has 5 aromatic heterocycles. The van der Waals surface area contributed by atoms with Gasteiger partial charge in [-0.3, -0.25) is 14.4 Å². The number of rotatable bonds is 5. The molecule has 2 saturated heterocycles. The number of imidazole rings is 1. The number of carbonyl (C=O) groups is 1. The van der Waals surface area contributed by atoms with Crippen LogP contribution in [0.15, 0.2) is 79.9 Å². The normalized spacial score (nSPS) is 16.8. The minimum absolute atomic E-state index is 0.120. The van der Waals surface area contributed by atoms with Crippen molar-refractivity contribution in [2.45, 2.75) is 18.9 Å². The first-order chi connectivity index (χ1) is 20.6. The van der Waals surface area contributed by atoms with Crippen molar-refractivity contribution in [2.24, 2.45) is 0 Å². The number of hydrogen-bond donors (Lipinski definition) is 1. The monoisotopic (exact) mass is 560 g/mol. The third kappa shape index (κ3) is 4.24. The molecule has 2 aliphatic heterocycles. The maximum absolute atomic E-state index is 15.1. The molecule has 1 aromatic carbocycles. The van der Waals surface area contributed by atoms with E-state index in [1.165, 1.54) is 12.1 Å². The SMILES string of the molecule is O=C(c1ccc(-c2ccc3nccn3c2)c(F)c1)N1CCC(N2C[C](n3cc(-c4ncnc5[nH]ccc45)cn3)C2)CC1. The summed E-state index contributed by atoms with van der Waals surface area (Å²) in [5, 5.41) is 5.57. The molecule has 1 N–H and O–H groups in total. The molecule has 1 radical (unpaired) electrons. The topological polar surface area (TPSA) is 100 Å². The number of likely N-dealkylation sites (tertiary alicyclic amines) is 2. The fourth-order valence-corrected chi connectivity index (χ4v) is 6.12. The highest BCUT2D eigenvalue weighted by molar-refractivity contribution is 5.95. The number of hydrogen-bond acceptors (Lipinski definition) is 6. The maximum Gasteiger partial charge on any atom is 0.253 e. The van der Waals surface area contributed by atoms with Gasteiger partial charge in [-0.05, 0) is 43.2 Å². The molecule has 42 heavy (non-hydrogen) atoms. The molecule has 0 unspecified atom stereocenters. The number of nitrogens with zero attached hydrogens (tertiary/aromatic N) is 8. The zero-order valence-electron chi connectivity index (χ0n) is 22.7. The van der Waals surface area contributed by atoms with Gasteiger partial charge in [0.15, 0.2) is 0 Å². The van der Waals surface area contributed by atoms with E-state index in [9.17, 15) is 4.79 Å². The molecule has 7 heterocycles. The Morgan fingerprint density at radius 2 is 1.86 bits per heavy atom. The number of fused-ring (bicyclic) bond motifs is 2. The number of aromatic amines is 1. The van der Waals surface area contributed by atoms with Crippen LogP contribution in [0.2, 0.25) is 0 Å². The van der Waals surface area contributed by atoms with Crippen molar-refractivity contribution in [2.75, 3.05) is 26.2 Å². The Bertz CT molecular complexity index is 1930. The molecular formula is C31H27FN9O. The highest BCUT2D eigenvalue weighted by atomic mass is 19.1. The number of aromatic nitrogens is 7. The smallest absolute Gasteiger partial charge is 0.253 e. The Kier molecular flexibility index (Phi) is 5.85. The highest BCUT2D eigenvalue weighted by Gasteiger charge is 2.37. The number of amides is 1. The summed E-state index contributed by atoms with van der Waals surface area (Å²) in [5.41, 5.74) is 5.02. The van der Waals surface area contributed by atoms with Crippen LogP contribution in [-0.2, 0) is 0 Å². The highest BCUT2D eigenvalue weighted by Crippen LogP contribution is 2.31. The summed E-state index contributed by atoms with van der Waals surface area (Å²) in [4.78, 5) is 33.6. The zero-order chi connectivity index (χ0) is 28.2. The van der Waals surface area contributed by atoms with Crippen LogP contribution in [0.25, 0.3) is 39.1 Å². The molecule has 10 nitrogen and oxygen atoms in total. The average molecular weight is 561 g/mol. The van der Waals surface area contributed by atoms with Gasteiger partial charge in [-0.25, -0.2) is 19.3 Å². The summed E-state index contributed by atoms with van der Waals surface area (Å²) in [6.45, 7) is 3.01. The maximum atomic E-state index is 15.1. The molecule has 0 saturated carbocycles. The number of halogens is 1. The van der Waals surface area contributed by atoms with E-state index in [1.807, 2.05) is 63.2 Å². The van der Waals surface area contributed by atoms with Gasteiger partial charge in [0, 0.05) is 90.8 Å². The number of nitrogens with one attached hydrogen (secondary N) is 1. The summed E-state index contributed by atoms with van der Waals surface area (Å²) in [5.74, 6) is -0.525. The fourth-order valence-electron chi connectivity index (χ4n) is 6.12. The van der Waals surface area contributed by atoms with E-state index in [4.69, 9.17) is 0 Å². The molecule has 2 aliphatic rings. The van der Waals surface area contributed by atoms with Crippen LogP contribution in [-0.4, -0.2) is 82.0 Å². The molecule has 0 aliphatic carbocycles. The Morgan fingerprint density at radius 1 is 0.976 bits per heavy atom. The largest absolute Gasteiger partial charge is 0.346 e. The molecule has 0 atom stereocenters. The van der Waals surface area contributed by atoms with Gasteiger partial charge in [-0.2, -0.15) is 5.10 Å². The van der Waals surface area contributed by atoms with Gasteiger partial charge in [0.2, 0.25) is 0 Å². The van der Waals surface area contributed by atoms with Gasteiger partial charge in [-0.15, -0.1) is 0 Å². The Hall–Kier alpha value is -4.90. The number of H-pyrrole nitrogens is 1. The van der Waals surface area contributed by atoms with E-state index in [0.29, 0.717) is 30.3 Å². The first kappa shape index (κ1) is 24.9. The van der Waals surface area contributed by atoms with Crippen LogP contribution in [0.3, 0.4) is 0 Å². The van der Waals surface area contributed by atoms with Crippen LogP contribution in [0.1, 0.15) is 23.2 Å². The van der Waals surface area contributed by atoms with Crippen LogP contribution >= 0.6 is 0 Å². The van der Waals surface area contributed by atoms with Crippen molar-refractivity contribution in [3.63, 3.8) is 0 Å². The minimum Gasteiger partial charge on any atom is -0.346 e. The molecule has 11 heteroatoms. The molecule has 6 aromatic rings. The van der Waals surface area contributed by atoms with E-state index >= 15 is 4.39 Å². The second-order valence-electron chi connectivity index (χ2n) is 10.9. The van der Waals surface area contributed by atoms with Crippen molar-refractivity contribution >= 4 is 22.6 Å². The summed E-state index contributed by atoms with van der Waals surface area (Å²) in [7, 11) is 0. The number of pyridine rings is 1. The third-order valence-corrected chi connectivity index (χ3v) is 8.49. The molecular weight excluding hydrogens is 533 g/mol. The fraction of sp³-hybridized carbons (Fsp3) is 0.226. The quantitative estimate of drug-likeness (QED) is 0.338. The first-order valence-corrected chi connectivity index (χ1v) is 14.0. The van der Waals surface area contributed by atoms with Crippen LogP contribution < -0.4 is 0 Å². The molecule has 0 spiro atoms. The predicted octanol–water partition coefficient (Wildman–Crippen LogP) is 4.28. The summed E-state index contributed by atoms with van der Waals surface area (Å²) >= 11 is 0. The lowest BCUT2D eigenvalue weighted by atomic mass is 9.96. The summed E-state index contributed by atoms with van der Waals surface area (Å²) in [6.07, 6.45) is 14.5. The van der Waals surface area contributed by atoms with Crippen LogP contribution in [0, 0.1) is 11.9 Å². The standard InChI is InChI=1S/C31H27FN9O/c32-27-13-20(1-3-25(27)21-2-4-28-33-9-12-39(28)15-21)31(42)38-10-6-23(7-11-38)40-17-24(18-40)41-16-22(14-37-41)29-26-5-8-34-30(26)36-19-35-29/h1-5,8-9,12-16,19,23H,6-7,10-11,17-18H2,(H,34,35,36). The lowest BCUT2D eigenvalue weighted by molar-refractivity contribution is 0.0514.